The summed E-state index contributed by atoms with van der Waals surface area (Å²) in [7, 11) is 0. The highest BCUT2D eigenvalue weighted by Gasteiger charge is 2.25. The average molecular weight is 675 g/mol. The third kappa shape index (κ3) is 4.16. The Kier molecular flexibility index (Phi) is 5.77. The molecular formula is C50H30N2O. The zero-order chi connectivity index (χ0) is 34.6. The molecule has 3 nitrogen and oxygen atoms in total. The van der Waals surface area contributed by atoms with Crippen LogP contribution in [0.1, 0.15) is 0 Å². The molecule has 0 fully saturated rings. The Labute approximate surface area is 305 Å². The predicted molar refractivity (Wildman–Crippen MR) is 222 cm³/mol. The van der Waals surface area contributed by atoms with Gasteiger partial charge in [-0.1, -0.05) is 84.9 Å². The summed E-state index contributed by atoms with van der Waals surface area (Å²) >= 11 is 0. The molecule has 0 saturated carbocycles. The van der Waals surface area contributed by atoms with E-state index in [-0.39, 0.29) is 0 Å². The number of para-hydroxylation sites is 4. The lowest BCUT2D eigenvalue weighted by molar-refractivity contribution is 0.669. The lowest BCUT2D eigenvalue weighted by Crippen LogP contribution is -2.09. The van der Waals surface area contributed by atoms with Gasteiger partial charge >= 0.3 is 0 Å². The monoisotopic (exact) mass is 674 g/mol. The summed E-state index contributed by atoms with van der Waals surface area (Å²) in [5, 5.41) is 9.79. The molecule has 0 bridgehead atoms. The van der Waals surface area contributed by atoms with Crippen LogP contribution in [0.3, 0.4) is 0 Å². The third-order valence-corrected chi connectivity index (χ3v) is 11.2. The molecule has 53 heavy (non-hydrogen) atoms. The fraction of sp³-hybridized carbons (Fsp3) is 0. The molecule has 9 aromatic carbocycles. The zero-order valence-corrected chi connectivity index (χ0v) is 28.6. The molecule has 0 unspecified atom stereocenters. The number of hydrogen-bond acceptors (Lipinski definition) is 2. The van der Waals surface area contributed by atoms with E-state index < -0.39 is 0 Å². The Balaban J connectivity index is 0.972. The number of furan rings is 1. The standard InChI is InChI=1S/C50H30N2O/c1-2-10-35(11-3-1)51(38-22-23-42-41-14-6-9-17-49(41)53-50(42)30-38)36-20-18-31-26-43-44-27-32-19-21-37(25-34(32)29-46(44)45(43)28-33(31)24-36)52-47-15-7-4-12-39(47)40-13-5-8-16-48(40)52/h1-30H. The van der Waals surface area contributed by atoms with E-state index in [9.17, 15) is 0 Å². The van der Waals surface area contributed by atoms with Crippen LogP contribution < -0.4 is 4.90 Å². The second kappa shape index (κ2) is 10.7. The highest BCUT2D eigenvalue weighted by Crippen LogP contribution is 2.51. The van der Waals surface area contributed by atoms with E-state index in [4.69, 9.17) is 4.42 Å². The molecular weight excluding hydrogens is 645 g/mol. The Bertz CT molecular complexity index is 3240. The number of fused-ring (bicyclic) bond motifs is 12. The van der Waals surface area contributed by atoms with Crippen LogP contribution in [0.2, 0.25) is 0 Å². The van der Waals surface area contributed by atoms with Crippen LogP contribution in [-0.4, -0.2) is 4.57 Å². The summed E-state index contributed by atoms with van der Waals surface area (Å²) in [6.07, 6.45) is 0. The molecule has 2 heterocycles. The van der Waals surface area contributed by atoms with Crippen molar-refractivity contribution in [3.63, 3.8) is 0 Å². The summed E-state index contributed by atoms with van der Waals surface area (Å²) < 4.78 is 8.72. The number of rotatable bonds is 4. The molecule has 0 N–H and O–H groups in total. The summed E-state index contributed by atoms with van der Waals surface area (Å²) in [4.78, 5) is 2.32. The van der Waals surface area contributed by atoms with Gasteiger partial charge in [0.15, 0.2) is 0 Å². The van der Waals surface area contributed by atoms with Crippen LogP contribution >= 0.6 is 0 Å². The molecule has 0 amide bonds. The molecule has 2 aromatic heterocycles. The largest absolute Gasteiger partial charge is 0.456 e. The highest BCUT2D eigenvalue weighted by molar-refractivity contribution is 6.13. The number of hydrogen-bond donors (Lipinski definition) is 0. The first-order valence-electron chi connectivity index (χ1n) is 18.2. The molecule has 1 aliphatic carbocycles. The SMILES string of the molecule is c1ccc(N(c2ccc3cc4c(cc3c2)-c2cc3cc(-n5c6ccccc6c6ccccc65)ccc3cc2-4)c2ccc3c(c2)oc2ccccc23)cc1. The van der Waals surface area contributed by atoms with Crippen molar-refractivity contribution in [1.82, 2.24) is 4.57 Å². The van der Waals surface area contributed by atoms with Crippen molar-refractivity contribution in [2.75, 3.05) is 4.90 Å². The van der Waals surface area contributed by atoms with Crippen LogP contribution in [0.25, 0.3) is 93.2 Å². The number of anilines is 3. The van der Waals surface area contributed by atoms with Crippen molar-refractivity contribution in [3.8, 4) is 27.9 Å². The van der Waals surface area contributed by atoms with Gasteiger partial charge in [-0.3, -0.25) is 0 Å². The molecule has 0 atom stereocenters. The normalized spacial score (nSPS) is 12.2. The van der Waals surface area contributed by atoms with Crippen molar-refractivity contribution >= 4 is 82.4 Å². The third-order valence-electron chi connectivity index (χ3n) is 11.2. The van der Waals surface area contributed by atoms with Gasteiger partial charge in [0.05, 0.1) is 11.0 Å². The minimum Gasteiger partial charge on any atom is -0.456 e. The van der Waals surface area contributed by atoms with Gasteiger partial charge in [0.2, 0.25) is 0 Å². The minimum atomic E-state index is 0.886. The quantitative estimate of drug-likeness (QED) is 0.185. The van der Waals surface area contributed by atoms with Gasteiger partial charge in [-0.05, 0) is 135 Å². The first-order chi connectivity index (χ1) is 26.2. The highest BCUT2D eigenvalue weighted by atomic mass is 16.3. The van der Waals surface area contributed by atoms with Crippen molar-refractivity contribution < 1.29 is 4.42 Å². The van der Waals surface area contributed by atoms with E-state index in [1.807, 2.05) is 12.1 Å². The average Bonchev–Trinajstić information content (AvgIpc) is 3.75. The first-order valence-corrected chi connectivity index (χ1v) is 18.2. The van der Waals surface area contributed by atoms with Crippen LogP contribution in [0.4, 0.5) is 17.1 Å². The lowest BCUT2D eigenvalue weighted by Gasteiger charge is -2.28. The van der Waals surface area contributed by atoms with Crippen LogP contribution in [-0.2, 0) is 0 Å². The minimum absolute atomic E-state index is 0.886. The van der Waals surface area contributed by atoms with E-state index in [1.165, 1.54) is 71.3 Å². The van der Waals surface area contributed by atoms with Gasteiger partial charge in [0.1, 0.15) is 11.2 Å². The summed E-state index contributed by atoms with van der Waals surface area (Å²) in [5.74, 6) is 0. The van der Waals surface area contributed by atoms with E-state index in [0.29, 0.717) is 0 Å². The van der Waals surface area contributed by atoms with Gasteiger partial charge in [0, 0.05) is 50.4 Å². The van der Waals surface area contributed by atoms with Crippen molar-refractivity contribution in [2.24, 2.45) is 0 Å². The van der Waals surface area contributed by atoms with Crippen LogP contribution in [0.15, 0.2) is 186 Å². The van der Waals surface area contributed by atoms with Gasteiger partial charge in [-0.25, -0.2) is 0 Å². The maximum absolute atomic E-state index is 6.32. The van der Waals surface area contributed by atoms with Crippen LogP contribution in [0.5, 0.6) is 0 Å². The fourth-order valence-electron chi connectivity index (χ4n) is 8.76. The molecule has 0 saturated heterocycles. The van der Waals surface area contributed by atoms with Gasteiger partial charge in [-0.2, -0.15) is 0 Å². The van der Waals surface area contributed by atoms with Crippen molar-refractivity contribution in [2.45, 2.75) is 0 Å². The predicted octanol–water partition coefficient (Wildman–Crippen LogP) is 14.1. The molecule has 11 aromatic rings. The fourth-order valence-corrected chi connectivity index (χ4v) is 8.76. The Morgan fingerprint density at radius 1 is 0.340 bits per heavy atom. The summed E-state index contributed by atoms with van der Waals surface area (Å²) in [6.45, 7) is 0. The first kappa shape index (κ1) is 28.6. The van der Waals surface area contributed by atoms with Gasteiger partial charge in [0.25, 0.3) is 0 Å². The molecule has 246 valence electrons. The topological polar surface area (TPSA) is 21.3 Å². The zero-order valence-electron chi connectivity index (χ0n) is 28.6. The molecule has 0 radical (unpaired) electrons. The van der Waals surface area contributed by atoms with Gasteiger partial charge in [-0.15, -0.1) is 0 Å². The number of benzene rings is 9. The maximum atomic E-state index is 6.32. The molecule has 0 spiro atoms. The summed E-state index contributed by atoms with van der Waals surface area (Å²) in [5.41, 5.74) is 14.0. The van der Waals surface area contributed by atoms with Crippen LogP contribution in [0, 0.1) is 0 Å². The Morgan fingerprint density at radius 2 is 0.868 bits per heavy atom. The van der Waals surface area contributed by atoms with E-state index in [0.717, 1.165) is 39.0 Å². The maximum Gasteiger partial charge on any atom is 0.137 e. The molecule has 12 rings (SSSR count). The Hall–Kier alpha value is -7.10. The second-order valence-electron chi connectivity index (χ2n) is 14.2. The van der Waals surface area contributed by atoms with E-state index >= 15 is 0 Å². The van der Waals surface area contributed by atoms with E-state index in [1.54, 1.807) is 0 Å². The van der Waals surface area contributed by atoms with Crippen molar-refractivity contribution in [3.05, 3.63) is 182 Å². The van der Waals surface area contributed by atoms with E-state index in [2.05, 4.69) is 179 Å². The number of nitrogens with zero attached hydrogens (tertiary/aromatic N) is 2. The van der Waals surface area contributed by atoms with Crippen molar-refractivity contribution in [1.29, 1.82) is 0 Å². The lowest BCUT2D eigenvalue weighted by atomic mass is 9.78. The molecule has 0 aliphatic heterocycles. The van der Waals surface area contributed by atoms with Gasteiger partial charge < -0.3 is 13.9 Å². The number of aromatic nitrogens is 1. The molecule has 1 aliphatic rings. The molecule has 3 heteroatoms. The Morgan fingerprint density at radius 3 is 1.58 bits per heavy atom. The second-order valence-corrected chi connectivity index (χ2v) is 14.2. The summed E-state index contributed by atoms with van der Waals surface area (Å²) in [6, 6.07) is 66.0. The smallest absolute Gasteiger partial charge is 0.137 e.